The van der Waals surface area contributed by atoms with E-state index < -0.39 is 6.04 Å². The van der Waals surface area contributed by atoms with E-state index in [1.54, 1.807) is 35.2 Å². The number of carbonyl (C=O) groups excluding carboxylic acids is 1. The number of urea groups is 1. The molecule has 0 aliphatic carbocycles. The Morgan fingerprint density at radius 2 is 1.86 bits per heavy atom. The quantitative estimate of drug-likeness (QED) is 0.635. The standard InChI is InChI=1S/C23H20ClFN2O2/c24-17-9-10-21(28)19(13-17)22-18-7-3-1-5-15(18)11-12-27(22)23(29)26-14-16-6-2-4-8-20(16)25/h1-10,13,22,28H,11-12,14H2,(H,26,29). The Bertz CT molecular complexity index is 1060. The molecule has 0 bridgehead atoms. The van der Waals surface area contributed by atoms with Crippen LogP contribution < -0.4 is 5.32 Å². The van der Waals surface area contributed by atoms with Crippen molar-refractivity contribution in [3.63, 3.8) is 0 Å². The Balaban J connectivity index is 1.67. The van der Waals surface area contributed by atoms with Crippen LogP contribution in [0.5, 0.6) is 5.75 Å². The number of nitrogens with zero attached hydrogens (tertiary/aromatic N) is 1. The highest BCUT2D eigenvalue weighted by atomic mass is 35.5. The van der Waals surface area contributed by atoms with Crippen LogP contribution in [-0.4, -0.2) is 22.6 Å². The monoisotopic (exact) mass is 410 g/mol. The van der Waals surface area contributed by atoms with Crippen molar-refractivity contribution >= 4 is 17.6 Å². The van der Waals surface area contributed by atoms with Crippen molar-refractivity contribution in [1.82, 2.24) is 10.2 Å². The largest absolute Gasteiger partial charge is 0.508 e. The fourth-order valence-corrected chi connectivity index (χ4v) is 3.96. The highest BCUT2D eigenvalue weighted by Crippen LogP contribution is 2.39. The van der Waals surface area contributed by atoms with Gasteiger partial charge >= 0.3 is 6.03 Å². The lowest BCUT2D eigenvalue weighted by atomic mass is 9.88. The molecule has 0 spiro atoms. The minimum Gasteiger partial charge on any atom is -0.508 e. The van der Waals surface area contributed by atoms with Crippen molar-refractivity contribution in [1.29, 1.82) is 0 Å². The van der Waals surface area contributed by atoms with Crippen molar-refractivity contribution in [2.24, 2.45) is 0 Å². The van der Waals surface area contributed by atoms with Crippen LogP contribution in [-0.2, 0) is 13.0 Å². The molecule has 2 N–H and O–H groups in total. The van der Waals surface area contributed by atoms with Gasteiger partial charge in [0, 0.05) is 29.2 Å². The summed E-state index contributed by atoms with van der Waals surface area (Å²) in [6, 6.07) is 18.2. The number of phenolic OH excluding ortho intramolecular Hbond substituents is 1. The first-order chi connectivity index (χ1) is 14.0. The van der Waals surface area contributed by atoms with Gasteiger partial charge in [-0.2, -0.15) is 0 Å². The van der Waals surface area contributed by atoms with Gasteiger partial charge < -0.3 is 15.3 Å². The van der Waals surface area contributed by atoms with E-state index in [4.69, 9.17) is 11.6 Å². The highest BCUT2D eigenvalue weighted by molar-refractivity contribution is 6.30. The minimum absolute atomic E-state index is 0.0722. The van der Waals surface area contributed by atoms with E-state index in [0.717, 1.165) is 11.1 Å². The zero-order valence-electron chi connectivity index (χ0n) is 15.6. The molecule has 1 unspecified atom stereocenters. The molecule has 3 aromatic carbocycles. The van der Waals surface area contributed by atoms with Gasteiger partial charge in [-0.15, -0.1) is 0 Å². The second kappa shape index (κ2) is 8.13. The number of phenols is 1. The maximum absolute atomic E-state index is 13.9. The lowest BCUT2D eigenvalue weighted by Gasteiger charge is -2.38. The van der Waals surface area contributed by atoms with E-state index in [-0.39, 0.29) is 24.1 Å². The third-order valence-corrected chi connectivity index (χ3v) is 5.45. The first-order valence-electron chi connectivity index (χ1n) is 9.38. The minimum atomic E-state index is -0.487. The first kappa shape index (κ1) is 19.3. The van der Waals surface area contributed by atoms with E-state index in [1.807, 2.05) is 24.3 Å². The van der Waals surface area contributed by atoms with Crippen LogP contribution in [0.1, 0.15) is 28.3 Å². The molecule has 3 aromatic rings. The predicted molar refractivity (Wildman–Crippen MR) is 110 cm³/mol. The maximum atomic E-state index is 13.9. The van der Waals surface area contributed by atoms with E-state index in [1.165, 1.54) is 12.1 Å². The molecular weight excluding hydrogens is 391 g/mol. The number of aromatic hydroxyl groups is 1. The second-order valence-electron chi connectivity index (χ2n) is 7.00. The summed E-state index contributed by atoms with van der Waals surface area (Å²) in [4.78, 5) is 14.7. The van der Waals surface area contributed by atoms with Gasteiger partial charge in [-0.3, -0.25) is 0 Å². The molecule has 4 rings (SSSR count). The van der Waals surface area contributed by atoms with Crippen molar-refractivity contribution < 1.29 is 14.3 Å². The topological polar surface area (TPSA) is 52.6 Å². The predicted octanol–water partition coefficient (Wildman–Crippen LogP) is 5.04. The van der Waals surface area contributed by atoms with Crippen molar-refractivity contribution in [3.8, 4) is 5.75 Å². The van der Waals surface area contributed by atoms with E-state index in [9.17, 15) is 14.3 Å². The molecule has 2 amide bonds. The third-order valence-electron chi connectivity index (χ3n) is 5.22. The Labute approximate surface area is 173 Å². The smallest absolute Gasteiger partial charge is 0.318 e. The number of hydrogen-bond acceptors (Lipinski definition) is 2. The Morgan fingerprint density at radius 1 is 1.10 bits per heavy atom. The highest BCUT2D eigenvalue weighted by Gasteiger charge is 2.33. The number of benzene rings is 3. The summed E-state index contributed by atoms with van der Waals surface area (Å²) in [7, 11) is 0. The number of amides is 2. The molecule has 0 fully saturated rings. The summed E-state index contributed by atoms with van der Waals surface area (Å²) in [5.41, 5.74) is 3.04. The van der Waals surface area contributed by atoms with Gasteiger partial charge in [-0.25, -0.2) is 9.18 Å². The summed E-state index contributed by atoms with van der Waals surface area (Å²) in [5, 5.41) is 13.8. The molecule has 148 valence electrons. The molecule has 1 heterocycles. The van der Waals surface area contributed by atoms with E-state index in [0.29, 0.717) is 29.1 Å². The molecule has 0 aromatic heterocycles. The van der Waals surface area contributed by atoms with E-state index >= 15 is 0 Å². The fraction of sp³-hybridized carbons (Fsp3) is 0.174. The van der Waals surface area contributed by atoms with Gasteiger partial charge in [0.1, 0.15) is 11.6 Å². The van der Waals surface area contributed by atoms with Crippen LogP contribution in [0, 0.1) is 5.82 Å². The van der Waals surface area contributed by atoms with Gasteiger partial charge in [0.25, 0.3) is 0 Å². The molecule has 4 nitrogen and oxygen atoms in total. The molecule has 0 saturated heterocycles. The van der Waals surface area contributed by atoms with Gasteiger partial charge in [0.15, 0.2) is 0 Å². The SMILES string of the molecule is O=C(NCc1ccccc1F)N1CCc2ccccc2C1c1cc(Cl)ccc1O. The normalized spacial score (nSPS) is 15.7. The number of fused-ring (bicyclic) bond motifs is 1. The molecule has 1 aliphatic rings. The second-order valence-corrected chi connectivity index (χ2v) is 7.43. The maximum Gasteiger partial charge on any atom is 0.318 e. The zero-order valence-corrected chi connectivity index (χ0v) is 16.4. The number of rotatable bonds is 3. The summed E-state index contributed by atoms with van der Waals surface area (Å²) in [6.07, 6.45) is 0.696. The number of nitrogens with one attached hydrogen (secondary N) is 1. The van der Waals surface area contributed by atoms with Crippen LogP contribution >= 0.6 is 11.6 Å². The fourth-order valence-electron chi connectivity index (χ4n) is 3.78. The molecule has 1 atom stereocenters. The summed E-state index contributed by atoms with van der Waals surface area (Å²) in [6.45, 7) is 0.550. The summed E-state index contributed by atoms with van der Waals surface area (Å²) >= 11 is 6.18. The number of hydrogen-bond donors (Lipinski definition) is 2. The summed E-state index contributed by atoms with van der Waals surface area (Å²) in [5.74, 6) is -0.288. The Kier molecular flexibility index (Phi) is 5.41. The Morgan fingerprint density at radius 3 is 2.69 bits per heavy atom. The number of halogens is 2. The zero-order chi connectivity index (χ0) is 20.4. The van der Waals surface area contributed by atoms with Crippen LogP contribution in [0.15, 0.2) is 66.7 Å². The third kappa shape index (κ3) is 3.91. The summed E-state index contributed by atoms with van der Waals surface area (Å²) < 4.78 is 13.9. The molecule has 29 heavy (non-hydrogen) atoms. The van der Waals surface area contributed by atoms with Crippen LogP contribution in [0.2, 0.25) is 5.02 Å². The number of carbonyl (C=O) groups is 1. The van der Waals surface area contributed by atoms with Crippen molar-refractivity contribution in [2.75, 3.05) is 6.54 Å². The lowest BCUT2D eigenvalue weighted by Crippen LogP contribution is -2.45. The molecule has 1 aliphatic heterocycles. The first-order valence-corrected chi connectivity index (χ1v) is 9.76. The van der Waals surface area contributed by atoms with Gasteiger partial charge in [0.2, 0.25) is 0 Å². The van der Waals surface area contributed by atoms with Crippen molar-refractivity contribution in [3.05, 3.63) is 99.8 Å². The molecular formula is C23H20ClFN2O2. The Hall–Kier alpha value is -3.05. The van der Waals surface area contributed by atoms with Crippen molar-refractivity contribution in [2.45, 2.75) is 19.0 Å². The average Bonchev–Trinajstić information content (AvgIpc) is 2.74. The van der Waals surface area contributed by atoms with Crippen LogP contribution in [0.3, 0.4) is 0 Å². The lowest BCUT2D eigenvalue weighted by molar-refractivity contribution is 0.178. The van der Waals surface area contributed by atoms with Gasteiger partial charge in [0.05, 0.1) is 6.04 Å². The molecule has 0 radical (unpaired) electrons. The van der Waals surface area contributed by atoms with Gasteiger partial charge in [-0.05, 0) is 41.8 Å². The van der Waals surface area contributed by atoms with E-state index in [2.05, 4.69) is 5.32 Å². The molecule has 6 heteroatoms. The van der Waals surface area contributed by atoms with Crippen LogP contribution in [0.25, 0.3) is 0 Å². The van der Waals surface area contributed by atoms with Crippen LogP contribution in [0.4, 0.5) is 9.18 Å². The van der Waals surface area contributed by atoms with Gasteiger partial charge in [-0.1, -0.05) is 54.1 Å². The molecule has 0 saturated carbocycles. The average molecular weight is 411 g/mol.